The Balaban J connectivity index is 1.45. The zero-order valence-corrected chi connectivity index (χ0v) is 16.1. The van der Waals surface area contributed by atoms with E-state index in [9.17, 15) is 18.0 Å². The van der Waals surface area contributed by atoms with Crippen LogP contribution in [0.3, 0.4) is 0 Å². The van der Waals surface area contributed by atoms with E-state index in [1.807, 2.05) is 0 Å². The number of fused-ring (bicyclic) bond motifs is 1. The highest BCUT2D eigenvalue weighted by Crippen LogP contribution is 2.15. The third-order valence-electron chi connectivity index (χ3n) is 3.95. The first-order valence-corrected chi connectivity index (χ1v) is 10.3. The molecule has 0 bridgehead atoms. The number of H-pyrrole nitrogens is 1. The molecule has 0 aliphatic carbocycles. The smallest absolute Gasteiger partial charge is 0.319 e. The Kier molecular flexibility index (Phi) is 6.29. The standard InChI is InChI=1S/C18H20N6O4S/c25-12-19-10-13-1-3-14(4-2-13)24-29(27,28)8-7-20-18(26)23-15-5-6-16-17(9-15)22-11-21-16/h1-6,9,11-12,24H,7-8,10H2,(H,19,25)(H,21,22)(H2,20,23,26). The van der Waals surface area contributed by atoms with Gasteiger partial charge in [-0.1, -0.05) is 12.1 Å². The van der Waals surface area contributed by atoms with Gasteiger partial charge in [-0.25, -0.2) is 18.2 Å². The molecule has 0 unspecified atom stereocenters. The van der Waals surface area contributed by atoms with Gasteiger partial charge in [0.05, 0.1) is 23.1 Å². The summed E-state index contributed by atoms with van der Waals surface area (Å²) in [6.45, 7) is 0.303. The van der Waals surface area contributed by atoms with E-state index in [0.717, 1.165) is 16.6 Å². The van der Waals surface area contributed by atoms with Gasteiger partial charge in [-0.15, -0.1) is 0 Å². The molecule has 1 aromatic heterocycles. The molecule has 0 saturated heterocycles. The number of hydrogen-bond acceptors (Lipinski definition) is 5. The van der Waals surface area contributed by atoms with Crippen LogP contribution in [0.1, 0.15) is 5.56 Å². The number of rotatable bonds is 9. The van der Waals surface area contributed by atoms with Crippen LogP contribution in [0.25, 0.3) is 11.0 Å². The first-order valence-electron chi connectivity index (χ1n) is 8.70. The summed E-state index contributed by atoms with van der Waals surface area (Å²) in [5.74, 6) is -0.283. The van der Waals surface area contributed by atoms with E-state index in [-0.39, 0.29) is 12.3 Å². The number of imidazole rings is 1. The lowest BCUT2D eigenvalue weighted by atomic mass is 10.2. The molecule has 29 heavy (non-hydrogen) atoms. The number of amides is 3. The molecular formula is C18H20N6O4S. The van der Waals surface area contributed by atoms with Gasteiger partial charge in [0, 0.05) is 24.5 Å². The van der Waals surface area contributed by atoms with Crippen molar-refractivity contribution in [3.8, 4) is 0 Å². The summed E-state index contributed by atoms with van der Waals surface area (Å²) < 4.78 is 26.8. The zero-order valence-electron chi connectivity index (χ0n) is 15.3. The van der Waals surface area contributed by atoms with E-state index in [1.165, 1.54) is 0 Å². The Bertz CT molecular complexity index is 1090. The lowest BCUT2D eigenvalue weighted by molar-refractivity contribution is -0.109. The van der Waals surface area contributed by atoms with Crippen LogP contribution in [-0.4, -0.2) is 43.1 Å². The molecule has 0 atom stereocenters. The van der Waals surface area contributed by atoms with Crippen molar-refractivity contribution in [2.24, 2.45) is 0 Å². The summed E-state index contributed by atoms with van der Waals surface area (Å²) >= 11 is 0. The number of hydrogen-bond donors (Lipinski definition) is 5. The molecule has 0 fully saturated rings. The van der Waals surface area contributed by atoms with Gasteiger partial charge in [0.1, 0.15) is 0 Å². The number of sulfonamides is 1. The lowest BCUT2D eigenvalue weighted by Gasteiger charge is -2.10. The van der Waals surface area contributed by atoms with Crippen LogP contribution in [0.4, 0.5) is 16.2 Å². The fourth-order valence-corrected chi connectivity index (χ4v) is 3.54. The van der Waals surface area contributed by atoms with Crippen molar-refractivity contribution in [2.75, 3.05) is 22.3 Å². The molecule has 3 rings (SSSR count). The maximum atomic E-state index is 12.2. The highest BCUT2D eigenvalue weighted by Gasteiger charge is 2.11. The molecule has 0 spiro atoms. The topological polar surface area (TPSA) is 145 Å². The van der Waals surface area contributed by atoms with Gasteiger partial charge in [-0.2, -0.15) is 0 Å². The first-order chi connectivity index (χ1) is 13.9. The van der Waals surface area contributed by atoms with Gasteiger partial charge < -0.3 is 20.9 Å². The summed E-state index contributed by atoms with van der Waals surface area (Å²) in [4.78, 5) is 29.3. The van der Waals surface area contributed by atoms with Gasteiger partial charge in [0.15, 0.2) is 0 Å². The number of nitrogens with zero attached hydrogens (tertiary/aromatic N) is 1. The average molecular weight is 416 g/mol. The van der Waals surface area contributed by atoms with Crippen LogP contribution in [0.15, 0.2) is 48.8 Å². The van der Waals surface area contributed by atoms with E-state index >= 15 is 0 Å². The summed E-state index contributed by atoms with van der Waals surface area (Å²) in [6, 6.07) is 11.3. The van der Waals surface area contributed by atoms with Gasteiger partial charge >= 0.3 is 6.03 Å². The minimum Gasteiger partial charge on any atom is -0.355 e. The average Bonchev–Trinajstić information content (AvgIpc) is 3.15. The maximum absolute atomic E-state index is 12.2. The van der Waals surface area contributed by atoms with Crippen molar-refractivity contribution in [2.45, 2.75) is 6.54 Å². The third-order valence-corrected chi connectivity index (χ3v) is 5.24. The number of carbonyl (C=O) groups excluding carboxylic acids is 2. The predicted octanol–water partition coefficient (Wildman–Crippen LogP) is 1.37. The van der Waals surface area contributed by atoms with Crippen LogP contribution in [0.5, 0.6) is 0 Å². The molecule has 2 aromatic carbocycles. The van der Waals surface area contributed by atoms with E-state index in [2.05, 4.69) is 30.6 Å². The molecule has 3 aromatic rings. The van der Waals surface area contributed by atoms with Crippen LogP contribution in [0.2, 0.25) is 0 Å². The molecule has 0 radical (unpaired) electrons. The molecule has 11 heteroatoms. The van der Waals surface area contributed by atoms with Gasteiger partial charge in [0.25, 0.3) is 0 Å². The Labute approximate surface area is 167 Å². The monoisotopic (exact) mass is 416 g/mol. The Morgan fingerprint density at radius 2 is 1.86 bits per heavy atom. The number of aromatic amines is 1. The van der Waals surface area contributed by atoms with E-state index in [1.54, 1.807) is 48.8 Å². The van der Waals surface area contributed by atoms with E-state index < -0.39 is 16.1 Å². The lowest BCUT2D eigenvalue weighted by Crippen LogP contribution is -2.34. The van der Waals surface area contributed by atoms with Gasteiger partial charge in [-0.3, -0.25) is 9.52 Å². The quantitative estimate of drug-likeness (QED) is 0.335. The van der Waals surface area contributed by atoms with Crippen molar-refractivity contribution in [3.63, 3.8) is 0 Å². The van der Waals surface area contributed by atoms with Gasteiger partial charge in [0.2, 0.25) is 16.4 Å². The minimum atomic E-state index is -3.63. The van der Waals surface area contributed by atoms with E-state index in [0.29, 0.717) is 24.3 Å². The fraction of sp³-hybridized carbons (Fsp3) is 0.167. The molecule has 5 N–H and O–H groups in total. The number of anilines is 2. The SMILES string of the molecule is O=CNCc1ccc(NS(=O)(=O)CCNC(=O)Nc2ccc3nc[nH]c3c2)cc1. The summed E-state index contributed by atoms with van der Waals surface area (Å²) in [5, 5.41) is 7.68. The summed E-state index contributed by atoms with van der Waals surface area (Å²) in [6.07, 6.45) is 2.15. The van der Waals surface area contributed by atoms with Crippen molar-refractivity contribution in [3.05, 3.63) is 54.4 Å². The predicted molar refractivity (Wildman–Crippen MR) is 110 cm³/mol. The highest BCUT2D eigenvalue weighted by molar-refractivity contribution is 7.92. The van der Waals surface area contributed by atoms with Crippen molar-refractivity contribution in [1.82, 2.24) is 20.6 Å². The largest absolute Gasteiger partial charge is 0.355 e. The van der Waals surface area contributed by atoms with Crippen LogP contribution >= 0.6 is 0 Å². The van der Waals surface area contributed by atoms with E-state index in [4.69, 9.17) is 0 Å². The number of benzene rings is 2. The molecule has 0 saturated carbocycles. The Morgan fingerprint density at radius 3 is 2.62 bits per heavy atom. The number of nitrogens with one attached hydrogen (secondary N) is 5. The second kappa shape index (κ2) is 9.06. The molecular weight excluding hydrogens is 396 g/mol. The molecule has 0 aliphatic heterocycles. The third kappa shape index (κ3) is 5.94. The maximum Gasteiger partial charge on any atom is 0.319 e. The summed E-state index contributed by atoms with van der Waals surface area (Å²) in [7, 11) is -3.63. The van der Waals surface area contributed by atoms with Crippen LogP contribution in [0, 0.1) is 0 Å². The van der Waals surface area contributed by atoms with Crippen molar-refractivity contribution >= 4 is 44.9 Å². The van der Waals surface area contributed by atoms with Crippen molar-refractivity contribution < 1.29 is 18.0 Å². The minimum absolute atomic E-state index is 0.0607. The number of urea groups is 1. The molecule has 3 amide bonds. The van der Waals surface area contributed by atoms with Crippen LogP contribution in [-0.2, 0) is 21.4 Å². The zero-order chi connectivity index (χ0) is 20.7. The second-order valence-corrected chi connectivity index (χ2v) is 7.97. The molecule has 10 nitrogen and oxygen atoms in total. The normalized spacial score (nSPS) is 11.0. The number of carbonyl (C=O) groups is 2. The van der Waals surface area contributed by atoms with Crippen molar-refractivity contribution in [1.29, 1.82) is 0 Å². The molecule has 0 aliphatic rings. The molecule has 1 heterocycles. The second-order valence-electron chi connectivity index (χ2n) is 6.13. The Hall–Kier alpha value is -3.60. The fourth-order valence-electron chi connectivity index (χ4n) is 2.57. The van der Waals surface area contributed by atoms with Crippen LogP contribution < -0.4 is 20.7 Å². The summed E-state index contributed by atoms with van der Waals surface area (Å²) in [5.41, 5.74) is 3.36. The number of aromatic nitrogens is 2. The molecule has 152 valence electrons. The highest BCUT2D eigenvalue weighted by atomic mass is 32.2. The Morgan fingerprint density at radius 1 is 1.10 bits per heavy atom. The van der Waals surface area contributed by atoms with Gasteiger partial charge in [-0.05, 0) is 35.9 Å². The first kappa shape index (κ1) is 20.1.